The van der Waals surface area contributed by atoms with E-state index in [9.17, 15) is 44.7 Å². The van der Waals surface area contributed by atoms with Gasteiger partial charge in [0.25, 0.3) is 0 Å². The summed E-state index contributed by atoms with van der Waals surface area (Å²) in [6.07, 6.45) is -3.07. The van der Waals surface area contributed by atoms with Gasteiger partial charge in [0, 0.05) is 0 Å². The van der Waals surface area contributed by atoms with E-state index < -0.39 is 84.0 Å². The highest BCUT2D eigenvalue weighted by Gasteiger charge is 2.46. The Kier molecular flexibility index (Phi) is 9.01. The molecule has 0 aromatic rings. The zero-order valence-corrected chi connectivity index (χ0v) is 17.6. The number of hydrogen-bond acceptors (Lipinski definition) is 13. The maximum atomic E-state index is 12.0. The van der Waals surface area contributed by atoms with Crippen molar-refractivity contribution in [2.24, 2.45) is 0 Å². The maximum Gasteiger partial charge on any atom is 0.354 e. The average molecular weight is 468 g/mol. The van der Waals surface area contributed by atoms with Gasteiger partial charge in [0.15, 0.2) is 5.60 Å². The van der Waals surface area contributed by atoms with Gasteiger partial charge in [-0.15, -0.1) is 0 Å². The molecular formula is C12H20O13S3. The summed E-state index contributed by atoms with van der Waals surface area (Å²) in [5.41, 5.74) is -3.27. The fourth-order valence-electron chi connectivity index (χ4n) is 1.40. The van der Waals surface area contributed by atoms with Crippen LogP contribution in [0, 0.1) is 0 Å². The average Bonchev–Trinajstić information content (AvgIpc) is 2.52. The SMILES string of the molecule is CCS(=O)(=O)OC(=O)CC(O)(CC(=O)OS(=O)(=O)CC)C(=O)OS(=O)(=O)CC. The van der Waals surface area contributed by atoms with Crippen molar-refractivity contribution in [1.82, 2.24) is 0 Å². The van der Waals surface area contributed by atoms with Gasteiger partial charge in [-0.05, 0) is 20.8 Å². The van der Waals surface area contributed by atoms with Crippen LogP contribution in [-0.4, -0.2) is 71.1 Å². The standard InChI is InChI=1S/C12H20O13S3/c1-4-26(17,18)23-9(13)7-12(16,11(15)25-28(21,22)6-3)8-10(14)24-27(19,20)5-2/h16H,4-8H2,1-3H3. The zero-order chi connectivity index (χ0) is 22.4. The Bertz CT molecular complexity index is 862. The van der Waals surface area contributed by atoms with Crippen molar-refractivity contribution in [3.63, 3.8) is 0 Å². The summed E-state index contributed by atoms with van der Waals surface area (Å²) in [6, 6.07) is 0. The molecule has 0 saturated heterocycles. The lowest BCUT2D eigenvalue weighted by Gasteiger charge is -2.23. The lowest BCUT2D eigenvalue weighted by Crippen LogP contribution is -2.46. The van der Waals surface area contributed by atoms with Crippen molar-refractivity contribution in [2.75, 3.05) is 17.3 Å². The molecule has 28 heavy (non-hydrogen) atoms. The minimum absolute atomic E-state index is 0.650. The molecule has 0 aromatic carbocycles. The predicted molar refractivity (Wildman–Crippen MR) is 90.8 cm³/mol. The lowest BCUT2D eigenvalue weighted by atomic mass is 9.96. The third-order valence-electron chi connectivity index (χ3n) is 2.96. The van der Waals surface area contributed by atoms with E-state index in [-0.39, 0.29) is 0 Å². The Morgan fingerprint density at radius 1 is 0.679 bits per heavy atom. The Labute approximate surface area is 162 Å². The summed E-state index contributed by atoms with van der Waals surface area (Å²) in [5, 5.41) is 10.3. The minimum atomic E-state index is -4.50. The topological polar surface area (TPSA) is 202 Å². The van der Waals surface area contributed by atoms with Gasteiger partial charge in [-0.1, -0.05) is 0 Å². The van der Waals surface area contributed by atoms with Gasteiger partial charge in [-0.3, -0.25) is 9.59 Å². The Hall–Kier alpha value is -1.78. The summed E-state index contributed by atoms with van der Waals surface area (Å²) < 4.78 is 80.0. The van der Waals surface area contributed by atoms with E-state index in [0.717, 1.165) is 20.8 Å². The van der Waals surface area contributed by atoms with E-state index >= 15 is 0 Å². The third kappa shape index (κ3) is 8.94. The van der Waals surface area contributed by atoms with Gasteiger partial charge in [0.2, 0.25) is 0 Å². The van der Waals surface area contributed by atoms with Gasteiger partial charge < -0.3 is 17.7 Å². The highest BCUT2D eigenvalue weighted by Crippen LogP contribution is 2.22. The molecule has 0 radical (unpaired) electrons. The molecule has 0 aliphatic carbocycles. The molecule has 164 valence electrons. The van der Waals surface area contributed by atoms with E-state index in [2.05, 4.69) is 12.5 Å². The monoisotopic (exact) mass is 468 g/mol. The summed E-state index contributed by atoms with van der Waals surface area (Å²) in [6.45, 7) is 3.31. The van der Waals surface area contributed by atoms with Crippen molar-refractivity contribution >= 4 is 48.3 Å². The molecule has 0 spiro atoms. The van der Waals surface area contributed by atoms with Crippen molar-refractivity contribution in [1.29, 1.82) is 0 Å². The lowest BCUT2D eigenvalue weighted by molar-refractivity contribution is -0.166. The third-order valence-corrected chi connectivity index (χ3v) is 6.36. The molecule has 0 amide bonds. The van der Waals surface area contributed by atoms with Crippen molar-refractivity contribution in [3.05, 3.63) is 0 Å². The molecule has 0 saturated carbocycles. The Morgan fingerprint density at radius 3 is 1.25 bits per heavy atom. The molecule has 0 rings (SSSR count). The minimum Gasteiger partial charge on any atom is -0.377 e. The largest absolute Gasteiger partial charge is 0.377 e. The van der Waals surface area contributed by atoms with Crippen LogP contribution in [0.25, 0.3) is 0 Å². The van der Waals surface area contributed by atoms with Crippen LogP contribution in [-0.2, 0) is 57.3 Å². The first kappa shape index (κ1) is 26.2. The first-order valence-electron chi connectivity index (χ1n) is 7.60. The van der Waals surface area contributed by atoms with E-state index in [0.29, 0.717) is 0 Å². The molecule has 0 bridgehead atoms. The van der Waals surface area contributed by atoms with Gasteiger partial charge in [-0.25, -0.2) is 4.79 Å². The quantitative estimate of drug-likeness (QED) is 0.332. The highest BCUT2D eigenvalue weighted by molar-refractivity contribution is 7.87. The molecule has 0 aromatic heterocycles. The first-order chi connectivity index (χ1) is 12.5. The van der Waals surface area contributed by atoms with Crippen LogP contribution in [0.5, 0.6) is 0 Å². The van der Waals surface area contributed by atoms with Crippen molar-refractivity contribution < 1.29 is 57.3 Å². The molecular weight excluding hydrogens is 448 g/mol. The van der Waals surface area contributed by atoms with Crippen molar-refractivity contribution in [2.45, 2.75) is 39.2 Å². The molecule has 0 atom stereocenters. The molecule has 16 heteroatoms. The number of aliphatic hydroxyl groups is 1. The second kappa shape index (κ2) is 9.62. The molecule has 0 aliphatic rings. The van der Waals surface area contributed by atoms with Crippen LogP contribution in [0.2, 0.25) is 0 Å². The van der Waals surface area contributed by atoms with E-state index in [1.54, 1.807) is 0 Å². The molecule has 0 heterocycles. The Balaban J connectivity index is 5.73. The van der Waals surface area contributed by atoms with E-state index in [1.165, 1.54) is 0 Å². The van der Waals surface area contributed by atoms with Crippen molar-refractivity contribution in [3.8, 4) is 0 Å². The Morgan fingerprint density at radius 2 is 0.964 bits per heavy atom. The summed E-state index contributed by atoms with van der Waals surface area (Å²) in [5.74, 6) is -7.49. The number of hydrogen-bond donors (Lipinski definition) is 1. The van der Waals surface area contributed by atoms with Crippen LogP contribution in [0.15, 0.2) is 0 Å². The smallest absolute Gasteiger partial charge is 0.354 e. The normalized spacial score (nSPS) is 12.9. The maximum absolute atomic E-state index is 12.0. The molecule has 0 fully saturated rings. The second-order valence-corrected chi connectivity index (χ2v) is 10.8. The molecule has 0 aliphatic heterocycles. The fraction of sp³-hybridized carbons (Fsp3) is 0.750. The van der Waals surface area contributed by atoms with Crippen LogP contribution >= 0.6 is 0 Å². The number of carbonyl (C=O) groups excluding carboxylic acids is 3. The van der Waals surface area contributed by atoms with Crippen LogP contribution in [0.3, 0.4) is 0 Å². The molecule has 13 nitrogen and oxygen atoms in total. The van der Waals surface area contributed by atoms with E-state index in [1.807, 2.05) is 0 Å². The van der Waals surface area contributed by atoms with Crippen LogP contribution in [0.1, 0.15) is 33.6 Å². The second-order valence-electron chi connectivity index (χ2n) is 5.21. The zero-order valence-electron chi connectivity index (χ0n) is 15.1. The van der Waals surface area contributed by atoms with Crippen LogP contribution < -0.4 is 0 Å². The number of carbonyl (C=O) groups is 3. The summed E-state index contributed by atoms with van der Waals surface area (Å²) in [7, 11) is -13.2. The molecule has 0 unspecified atom stereocenters. The van der Waals surface area contributed by atoms with Gasteiger partial charge in [-0.2, -0.15) is 25.3 Å². The van der Waals surface area contributed by atoms with Gasteiger partial charge >= 0.3 is 48.3 Å². The highest BCUT2D eigenvalue weighted by atomic mass is 32.2. The fourth-order valence-corrected chi connectivity index (χ4v) is 2.82. The first-order valence-corrected chi connectivity index (χ1v) is 12.3. The predicted octanol–water partition coefficient (Wildman–Crippen LogP) is -1.82. The molecule has 1 N–H and O–H groups in total. The van der Waals surface area contributed by atoms with Gasteiger partial charge in [0.05, 0.1) is 30.1 Å². The van der Waals surface area contributed by atoms with Gasteiger partial charge in [0.1, 0.15) is 0 Å². The van der Waals surface area contributed by atoms with Crippen LogP contribution in [0.4, 0.5) is 0 Å². The summed E-state index contributed by atoms with van der Waals surface area (Å²) >= 11 is 0. The van der Waals surface area contributed by atoms with E-state index in [4.69, 9.17) is 0 Å². The summed E-state index contributed by atoms with van der Waals surface area (Å²) in [4.78, 5) is 35.4. The number of rotatable bonds is 11.